The lowest BCUT2D eigenvalue weighted by Crippen LogP contribution is -2.44. The van der Waals surface area contributed by atoms with Gasteiger partial charge in [0.15, 0.2) is 0 Å². The smallest absolute Gasteiger partial charge is 0.347 e. The van der Waals surface area contributed by atoms with Crippen molar-refractivity contribution in [1.29, 1.82) is 0 Å². The average Bonchev–Trinajstić information content (AvgIpc) is 2.53. The molecule has 0 aromatic heterocycles. The van der Waals surface area contributed by atoms with E-state index in [-0.39, 0.29) is 23.2 Å². The van der Waals surface area contributed by atoms with Crippen molar-refractivity contribution in [3.63, 3.8) is 0 Å². The Bertz CT molecular complexity index is 320. The number of carboxylic acid groups (broad SMARTS) is 1. The van der Waals surface area contributed by atoms with Gasteiger partial charge in [0, 0.05) is 6.42 Å². The maximum Gasteiger partial charge on any atom is 0.347 e. The third-order valence-electron chi connectivity index (χ3n) is 3.69. The standard InChI is InChI=1S/C10H14O4/c1-9(2)5-4-10(3,8(12)13)14-7(11)6(5)9/h5-6H,4H2,1-3H3,(H,12,13). The molecule has 2 aliphatic rings. The number of carboxylic acids is 1. The van der Waals surface area contributed by atoms with Crippen LogP contribution in [-0.2, 0) is 14.3 Å². The molecule has 4 nitrogen and oxygen atoms in total. The summed E-state index contributed by atoms with van der Waals surface area (Å²) in [6.07, 6.45) is 0.436. The van der Waals surface area contributed by atoms with Crippen molar-refractivity contribution in [2.75, 3.05) is 0 Å². The minimum atomic E-state index is -1.31. The van der Waals surface area contributed by atoms with E-state index in [9.17, 15) is 9.59 Å². The van der Waals surface area contributed by atoms with Crippen LogP contribution in [0.15, 0.2) is 0 Å². The first-order valence-corrected chi connectivity index (χ1v) is 4.75. The Hall–Kier alpha value is -1.06. The van der Waals surface area contributed by atoms with Gasteiger partial charge in [0.2, 0.25) is 5.60 Å². The summed E-state index contributed by atoms with van der Waals surface area (Å²) in [5, 5.41) is 8.94. The molecule has 1 heterocycles. The maximum absolute atomic E-state index is 11.5. The van der Waals surface area contributed by atoms with Gasteiger partial charge in [-0.15, -0.1) is 0 Å². The minimum Gasteiger partial charge on any atom is -0.478 e. The molecule has 1 saturated carbocycles. The van der Waals surface area contributed by atoms with Crippen molar-refractivity contribution in [2.24, 2.45) is 17.3 Å². The summed E-state index contributed by atoms with van der Waals surface area (Å²) in [7, 11) is 0. The van der Waals surface area contributed by atoms with E-state index in [0.717, 1.165) is 0 Å². The molecule has 14 heavy (non-hydrogen) atoms. The molecule has 0 aromatic rings. The summed E-state index contributed by atoms with van der Waals surface area (Å²) >= 11 is 0. The Labute approximate surface area is 82.2 Å². The van der Waals surface area contributed by atoms with Crippen LogP contribution in [0.2, 0.25) is 0 Å². The summed E-state index contributed by atoms with van der Waals surface area (Å²) in [6.45, 7) is 5.44. The number of esters is 1. The van der Waals surface area contributed by atoms with Crippen molar-refractivity contribution in [3.05, 3.63) is 0 Å². The summed E-state index contributed by atoms with van der Waals surface area (Å²) < 4.78 is 4.99. The molecule has 1 N–H and O–H groups in total. The van der Waals surface area contributed by atoms with E-state index in [1.165, 1.54) is 6.92 Å². The SMILES string of the molecule is CC1(C(=O)O)CC2C(C(=O)O1)C2(C)C. The van der Waals surface area contributed by atoms with E-state index >= 15 is 0 Å². The fourth-order valence-electron chi connectivity index (χ4n) is 2.47. The van der Waals surface area contributed by atoms with Gasteiger partial charge in [0.25, 0.3) is 0 Å². The van der Waals surface area contributed by atoms with Crippen molar-refractivity contribution in [2.45, 2.75) is 32.8 Å². The van der Waals surface area contributed by atoms with Crippen molar-refractivity contribution in [3.8, 4) is 0 Å². The van der Waals surface area contributed by atoms with E-state index in [1.54, 1.807) is 0 Å². The Kier molecular flexibility index (Phi) is 1.56. The molecular formula is C10H14O4. The highest BCUT2D eigenvalue weighted by Crippen LogP contribution is 2.64. The lowest BCUT2D eigenvalue weighted by Gasteiger charge is -2.28. The molecule has 2 fully saturated rings. The number of hydrogen-bond donors (Lipinski definition) is 1. The molecule has 0 radical (unpaired) electrons. The van der Waals surface area contributed by atoms with Crippen LogP contribution in [0.1, 0.15) is 27.2 Å². The summed E-state index contributed by atoms with van der Waals surface area (Å²) in [5.74, 6) is -1.32. The average molecular weight is 198 g/mol. The minimum absolute atomic E-state index is 0.0791. The molecule has 0 spiro atoms. The highest BCUT2D eigenvalue weighted by Gasteiger charge is 2.68. The second kappa shape index (κ2) is 2.30. The van der Waals surface area contributed by atoms with Crippen LogP contribution in [0.25, 0.3) is 0 Å². The van der Waals surface area contributed by atoms with Gasteiger partial charge in [-0.25, -0.2) is 4.79 Å². The van der Waals surface area contributed by atoms with Gasteiger partial charge in [-0.1, -0.05) is 13.8 Å². The van der Waals surface area contributed by atoms with Crippen LogP contribution < -0.4 is 0 Å². The number of ether oxygens (including phenoxy) is 1. The predicted octanol–water partition coefficient (Wildman–Crippen LogP) is 1.05. The Morgan fingerprint density at radius 2 is 2.07 bits per heavy atom. The molecule has 0 aromatic carbocycles. The zero-order valence-electron chi connectivity index (χ0n) is 8.53. The molecule has 3 atom stereocenters. The van der Waals surface area contributed by atoms with Gasteiger partial charge in [0.05, 0.1) is 5.92 Å². The maximum atomic E-state index is 11.5. The molecule has 1 aliphatic heterocycles. The van der Waals surface area contributed by atoms with Gasteiger partial charge >= 0.3 is 11.9 Å². The third-order valence-corrected chi connectivity index (χ3v) is 3.69. The van der Waals surface area contributed by atoms with E-state index < -0.39 is 11.6 Å². The number of rotatable bonds is 1. The molecule has 0 amide bonds. The summed E-state index contributed by atoms with van der Waals surface area (Å²) in [5.41, 5.74) is -1.39. The topological polar surface area (TPSA) is 63.6 Å². The largest absolute Gasteiger partial charge is 0.478 e. The Balaban J connectivity index is 2.25. The Morgan fingerprint density at radius 3 is 2.50 bits per heavy atom. The summed E-state index contributed by atoms with van der Waals surface area (Å²) in [4.78, 5) is 22.4. The molecule has 4 heteroatoms. The quantitative estimate of drug-likeness (QED) is 0.639. The first kappa shape index (κ1) is 9.49. The van der Waals surface area contributed by atoms with E-state index in [0.29, 0.717) is 6.42 Å². The highest BCUT2D eigenvalue weighted by atomic mass is 16.6. The van der Waals surface area contributed by atoms with Crippen LogP contribution >= 0.6 is 0 Å². The normalized spacial score (nSPS) is 43.8. The van der Waals surface area contributed by atoms with Gasteiger partial charge in [-0.05, 0) is 18.3 Å². The van der Waals surface area contributed by atoms with E-state index in [1.807, 2.05) is 13.8 Å². The molecule has 78 valence electrons. The lowest BCUT2D eigenvalue weighted by atomic mass is 9.94. The molecular weight excluding hydrogens is 184 g/mol. The molecule has 3 unspecified atom stereocenters. The van der Waals surface area contributed by atoms with Gasteiger partial charge in [-0.3, -0.25) is 4.79 Å². The van der Waals surface area contributed by atoms with Crippen molar-refractivity contribution in [1.82, 2.24) is 0 Å². The van der Waals surface area contributed by atoms with Gasteiger partial charge in [0.1, 0.15) is 0 Å². The van der Waals surface area contributed by atoms with Crippen LogP contribution in [0.4, 0.5) is 0 Å². The number of carbonyl (C=O) groups excluding carboxylic acids is 1. The number of fused-ring (bicyclic) bond motifs is 1. The molecule has 0 bridgehead atoms. The van der Waals surface area contributed by atoms with Crippen LogP contribution in [0, 0.1) is 17.3 Å². The van der Waals surface area contributed by atoms with Gasteiger partial charge in [-0.2, -0.15) is 0 Å². The molecule has 1 aliphatic carbocycles. The zero-order chi connectivity index (χ0) is 10.7. The molecule has 2 rings (SSSR count). The predicted molar refractivity (Wildman–Crippen MR) is 47.5 cm³/mol. The zero-order valence-corrected chi connectivity index (χ0v) is 8.53. The Morgan fingerprint density at radius 1 is 1.50 bits per heavy atom. The third kappa shape index (κ3) is 0.996. The first-order chi connectivity index (χ1) is 6.29. The van der Waals surface area contributed by atoms with E-state index in [4.69, 9.17) is 9.84 Å². The number of carbonyl (C=O) groups is 2. The van der Waals surface area contributed by atoms with Crippen LogP contribution in [0.5, 0.6) is 0 Å². The lowest BCUT2D eigenvalue weighted by molar-refractivity contribution is -0.183. The number of cyclic esters (lactones) is 1. The fraction of sp³-hybridized carbons (Fsp3) is 0.800. The van der Waals surface area contributed by atoms with Gasteiger partial charge < -0.3 is 9.84 Å². The fourth-order valence-corrected chi connectivity index (χ4v) is 2.47. The van der Waals surface area contributed by atoms with Crippen LogP contribution in [-0.4, -0.2) is 22.6 Å². The number of hydrogen-bond acceptors (Lipinski definition) is 3. The summed E-state index contributed by atoms with van der Waals surface area (Å²) in [6, 6.07) is 0. The van der Waals surface area contributed by atoms with Crippen LogP contribution in [0.3, 0.4) is 0 Å². The second-order valence-corrected chi connectivity index (χ2v) is 5.07. The highest BCUT2D eigenvalue weighted by molar-refractivity contribution is 5.86. The van der Waals surface area contributed by atoms with E-state index in [2.05, 4.69) is 0 Å². The first-order valence-electron chi connectivity index (χ1n) is 4.75. The molecule has 1 saturated heterocycles. The van der Waals surface area contributed by atoms with Crippen molar-refractivity contribution < 1.29 is 19.4 Å². The second-order valence-electron chi connectivity index (χ2n) is 5.07. The number of aliphatic carboxylic acids is 1. The van der Waals surface area contributed by atoms with Crippen molar-refractivity contribution >= 4 is 11.9 Å². The monoisotopic (exact) mass is 198 g/mol.